The highest BCUT2D eigenvalue weighted by Crippen LogP contribution is 2.40. The van der Waals surface area contributed by atoms with Crippen molar-refractivity contribution in [3.05, 3.63) is 42.2 Å². The number of para-hydroxylation sites is 1. The quantitative estimate of drug-likeness (QED) is 0.751. The first-order valence-electron chi connectivity index (χ1n) is 6.67. The molecule has 8 nitrogen and oxygen atoms in total. The minimum atomic E-state index is -4.79. The van der Waals surface area contributed by atoms with Gasteiger partial charge in [-0.1, -0.05) is 6.07 Å². The molecule has 0 spiro atoms. The molecule has 2 heterocycles. The fourth-order valence-electron chi connectivity index (χ4n) is 2.05. The number of benzene rings is 1. The van der Waals surface area contributed by atoms with Crippen LogP contribution in [0.1, 0.15) is 5.56 Å². The molecule has 1 aromatic carbocycles. The van der Waals surface area contributed by atoms with E-state index in [1.54, 1.807) is 0 Å². The summed E-state index contributed by atoms with van der Waals surface area (Å²) in [6.45, 7) is 0. The Bertz CT molecular complexity index is 1000. The van der Waals surface area contributed by atoms with Crippen molar-refractivity contribution in [2.24, 2.45) is 0 Å². The van der Waals surface area contributed by atoms with Gasteiger partial charge in [0.2, 0.25) is 0 Å². The predicted octanol–water partition coefficient (Wildman–Crippen LogP) is 1.95. The lowest BCUT2D eigenvalue weighted by Gasteiger charge is -2.16. The van der Waals surface area contributed by atoms with Crippen LogP contribution in [0.25, 0.3) is 5.78 Å². The van der Waals surface area contributed by atoms with Crippen molar-refractivity contribution in [1.29, 1.82) is 0 Å². The number of anilines is 1. The van der Waals surface area contributed by atoms with Gasteiger partial charge in [0.15, 0.2) is 0 Å². The molecule has 3 aromatic rings. The van der Waals surface area contributed by atoms with E-state index in [-0.39, 0.29) is 11.5 Å². The predicted molar refractivity (Wildman–Crippen MR) is 79.6 cm³/mol. The molecular formula is C13H10F3N5O3S. The van der Waals surface area contributed by atoms with Crippen molar-refractivity contribution in [3.63, 3.8) is 0 Å². The number of sulfonamides is 1. The Labute approximate surface area is 139 Å². The average molecular weight is 373 g/mol. The number of methoxy groups -OCH3 is 1. The lowest BCUT2D eigenvalue weighted by molar-refractivity contribution is -0.137. The maximum absolute atomic E-state index is 13.2. The first-order valence-corrected chi connectivity index (χ1v) is 8.15. The van der Waals surface area contributed by atoms with E-state index in [4.69, 9.17) is 4.74 Å². The zero-order valence-corrected chi connectivity index (χ0v) is 13.3. The molecule has 0 aliphatic carbocycles. The van der Waals surface area contributed by atoms with E-state index < -0.39 is 32.6 Å². The smallest absolute Gasteiger partial charge is 0.418 e. The summed E-state index contributed by atoms with van der Waals surface area (Å²) in [7, 11) is -3.38. The molecule has 1 N–H and O–H groups in total. The summed E-state index contributed by atoms with van der Waals surface area (Å²) >= 11 is 0. The van der Waals surface area contributed by atoms with Gasteiger partial charge in [-0.2, -0.15) is 26.6 Å². The largest absolute Gasteiger partial charge is 0.495 e. The molecular weight excluding hydrogens is 363 g/mol. The van der Waals surface area contributed by atoms with Crippen LogP contribution in [-0.2, 0) is 16.2 Å². The monoisotopic (exact) mass is 373 g/mol. The summed E-state index contributed by atoms with van der Waals surface area (Å²) in [6, 6.07) is 4.53. The van der Waals surface area contributed by atoms with E-state index in [2.05, 4.69) is 15.1 Å². The SMILES string of the molecule is COc1cccc(C(F)(F)F)c1NS(=O)(=O)c1nc2ncccn2n1. The molecule has 0 unspecified atom stereocenters. The second-order valence-electron chi connectivity index (χ2n) is 4.74. The third-order valence-electron chi connectivity index (χ3n) is 3.13. The van der Waals surface area contributed by atoms with Crippen molar-refractivity contribution in [1.82, 2.24) is 19.6 Å². The first kappa shape index (κ1) is 17.0. The van der Waals surface area contributed by atoms with Gasteiger partial charge in [-0.3, -0.25) is 4.72 Å². The van der Waals surface area contributed by atoms with Crippen LogP contribution in [0.2, 0.25) is 0 Å². The Morgan fingerprint density at radius 3 is 2.64 bits per heavy atom. The number of hydrogen-bond acceptors (Lipinski definition) is 6. The molecule has 132 valence electrons. The van der Waals surface area contributed by atoms with Crippen molar-refractivity contribution in [2.75, 3.05) is 11.8 Å². The molecule has 0 amide bonds. The molecule has 0 bridgehead atoms. The second-order valence-corrected chi connectivity index (χ2v) is 6.32. The normalized spacial score (nSPS) is 12.3. The Kier molecular flexibility index (Phi) is 3.99. The Morgan fingerprint density at radius 1 is 1.24 bits per heavy atom. The standard InChI is InChI=1S/C13H10F3N5O3S/c1-24-9-5-2-4-8(13(14,15)16)10(9)20-25(22,23)12-18-11-17-6-3-7-21(11)19-12/h2-7,20H,1H3. The Balaban J connectivity index is 2.09. The second kappa shape index (κ2) is 5.88. The molecule has 3 rings (SSSR count). The molecule has 12 heteroatoms. The molecule has 0 aliphatic rings. The minimum Gasteiger partial charge on any atom is -0.495 e. The zero-order chi connectivity index (χ0) is 18.2. The van der Waals surface area contributed by atoms with E-state index in [1.165, 1.54) is 24.5 Å². The molecule has 0 atom stereocenters. The van der Waals surface area contributed by atoms with Crippen LogP contribution in [0.5, 0.6) is 5.75 Å². The molecule has 0 fully saturated rings. The zero-order valence-electron chi connectivity index (χ0n) is 12.5. The number of ether oxygens (including phenoxy) is 1. The number of rotatable bonds is 4. The Hall–Kier alpha value is -2.89. The molecule has 0 saturated heterocycles. The van der Waals surface area contributed by atoms with Gasteiger partial charge >= 0.3 is 6.18 Å². The van der Waals surface area contributed by atoms with Crippen molar-refractivity contribution >= 4 is 21.5 Å². The van der Waals surface area contributed by atoms with Gasteiger partial charge in [0.05, 0.1) is 12.7 Å². The van der Waals surface area contributed by atoms with Crippen LogP contribution >= 0.6 is 0 Å². The first-order chi connectivity index (χ1) is 11.7. The summed E-state index contributed by atoms with van der Waals surface area (Å²) < 4.78 is 72.1. The number of halogens is 3. The lowest BCUT2D eigenvalue weighted by Crippen LogP contribution is -2.19. The summed E-state index contributed by atoms with van der Waals surface area (Å²) in [5.41, 5.74) is -1.94. The van der Waals surface area contributed by atoms with Crippen LogP contribution in [0, 0.1) is 0 Å². The van der Waals surface area contributed by atoms with Gasteiger partial charge in [-0.15, -0.1) is 5.10 Å². The van der Waals surface area contributed by atoms with Gasteiger partial charge in [-0.25, -0.2) is 9.50 Å². The van der Waals surface area contributed by atoms with Crippen LogP contribution in [0.3, 0.4) is 0 Å². The number of alkyl halides is 3. The molecule has 0 saturated carbocycles. The fourth-order valence-corrected chi connectivity index (χ4v) is 3.02. The van der Waals surface area contributed by atoms with Gasteiger partial charge < -0.3 is 4.74 Å². The van der Waals surface area contributed by atoms with E-state index in [0.717, 1.165) is 23.8 Å². The third-order valence-corrected chi connectivity index (χ3v) is 4.25. The van der Waals surface area contributed by atoms with Crippen LogP contribution < -0.4 is 9.46 Å². The highest BCUT2D eigenvalue weighted by Gasteiger charge is 2.36. The maximum Gasteiger partial charge on any atom is 0.418 e. The number of hydrogen-bond donors (Lipinski definition) is 1. The van der Waals surface area contributed by atoms with Crippen molar-refractivity contribution < 1.29 is 26.3 Å². The van der Waals surface area contributed by atoms with Crippen LogP contribution in [0.4, 0.5) is 18.9 Å². The third kappa shape index (κ3) is 3.20. The number of aromatic nitrogens is 4. The van der Waals surface area contributed by atoms with Gasteiger partial charge in [0, 0.05) is 12.4 Å². The number of nitrogens with one attached hydrogen (secondary N) is 1. The van der Waals surface area contributed by atoms with E-state index >= 15 is 0 Å². The highest BCUT2D eigenvalue weighted by atomic mass is 32.2. The van der Waals surface area contributed by atoms with Crippen molar-refractivity contribution in [2.45, 2.75) is 11.3 Å². The van der Waals surface area contributed by atoms with Gasteiger partial charge in [0.25, 0.3) is 21.0 Å². The van der Waals surface area contributed by atoms with Gasteiger partial charge in [-0.05, 0) is 18.2 Å². The highest BCUT2D eigenvalue weighted by molar-refractivity contribution is 7.92. The van der Waals surface area contributed by atoms with E-state index in [1.807, 2.05) is 4.72 Å². The molecule has 25 heavy (non-hydrogen) atoms. The minimum absolute atomic E-state index is 0.0149. The van der Waals surface area contributed by atoms with E-state index in [9.17, 15) is 21.6 Å². The Morgan fingerprint density at radius 2 is 2.00 bits per heavy atom. The van der Waals surface area contributed by atoms with E-state index in [0.29, 0.717) is 0 Å². The van der Waals surface area contributed by atoms with Crippen molar-refractivity contribution in [3.8, 4) is 5.75 Å². The topological polar surface area (TPSA) is 98.5 Å². The maximum atomic E-state index is 13.2. The number of nitrogens with zero attached hydrogens (tertiary/aromatic N) is 4. The van der Waals surface area contributed by atoms with Crippen LogP contribution in [-0.4, -0.2) is 35.1 Å². The lowest BCUT2D eigenvalue weighted by atomic mass is 10.1. The summed E-state index contributed by atoms with van der Waals surface area (Å²) in [4.78, 5) is 7.50. The van der Waals surface area contributed by atoms with Crippen LogP contribution in [0.15, 0.2) is 41.8 Å². The van der Waals surface area contributed by atoms with Gasteiger partial charge in [0.1, 0.15) is 11.4 Å². The fraction of sp³-hybridized carbons (Fsp3) is 0.154. The summed E-state index contributed by atoms with van der Waals surface area (Å²) in [6.07, 6.45) is -2.02. The molecule has 0 aliphatic heterocycles. The average Bonchev–Trinajstić information content (AvgIpc) is 2.98. The summed E-state index contributed by atoms with van der Waals surface area (Å²) in [5.74, 6) is -0.306. The summed E-state index contributed by atoms with van der Waals surface area (Å²) in [5, 5.41) is 2.98. The number of fused-ring (bicyclic) bond motifs is 1. The molecule has 2 aromatic heterocycles. The molecule has 0 radical (unpaired) electrons.